The standard InChI is InChI=1S/C17H20N4OSi/c1-23(2,3)22-13-21-16(20-14-7-5-4-6-8-14)10-9-15-17(21)19-12-11-18-15/h4-12H,13H2,1-3H3. The van der Waals surface area contributed by atoms with Gasteiger partial charge < -0.3 is 4.43 Å². The number of fused-ring (bicyclic) bond motifs is 1. The van der Waals surface area contributed by atoms with Crippen molar-refractivity contribution in [1.82, 2.24) is 14.5 Å². The number of pyridine rings is 1. The first kappa shape index (κ1) is 15.6. The second kappa shape index (κ2) is 6.43. The molecule has 2 aromatic heterocycles. The number of rotatable bonds is 4. The highest BCUT2D eigenvalue weighted by Gasteiger charge is 2.15. The van der Waals surface area contributed by atoms with Crippen LogP contribution in [0.1, 0.15) is 0 Å². The number of benzene rings is 1. The Kier molecular flexibility index (Phi) is 4.36. The van der Waals surface area contributed by atoms with E-state index in [2.05, 4.69) is 29.6 Å². The predicted molar refractivity (Wildman–Crippen MR) is 93.6 cm³/mol. The molecular formula is C17H20N4OSi. The molecule has 23 heavy (non-hydrogen) atoms. The lowest BCUT2D eigenvalue weighted by Crippen LogP contribution is -2.31. The predicted octanol–water partition coefficient (Wildman–Crippen LogP) is 3.47. The average Bonchev–Trinajstić information content (AvgIpc) is 2.54. The Bertz CT molecular complexity index is 869. The highest BCUT2D eigenvalue weighted by atomic mass is 28.4. The van der Waals surface area contributed by atoms with Crippen LogP contribution in [0.3, 0.4) is 0 Å². The van der Waals surface area contributed by atoms with E-state index in [0.29, 0.717) is 6.73 Å². The van der Waals surface area contributed by atoms with Crippen LogP contribution in [0, 0.1) is 0 Å². The van der Waals surface area contributed by atoms with E-state index in [1.807, 2.05) is 47.0 Å². The van der Waals surface area contributed by atoms with Gasteiger partial charge in [0.15, 0.2) is 14.0 Å². The first-order chi connectivity index (χ1) is 11.0. The van der Waals surface area contributed by atoms with Crippen molar-refractivity contribution in [3.8, 4) is 0 Å². The van der Waals surface area contributed by atoms with E-state index in [1.165, 1.54) is 0 Å². The Morgan fingerprint density at radius 1 is 1.00 bits per heavy atom. The third kappa shape index (κ3) is 3.91. The molecule has 0 aliphatic rings. The monoisotopic (exact) mass is 324 g/mol. The largest absolute Gasteiger partial charge is 0.400 e. The van der Waals surface area contributed by atoms with Gasteiger partial charge in [-0.3, -0.25) is 9.55 Å². The summed E-state index contributed by atoms with van der Waals surface area (Å²) < 4.78 is 8.06. The lowest BCUT2D eigenvalue weighted by Gasteiger charge is -2.19. The molecule has 0 bridgehead atoms. The van der Waals surface area contributed by atoms with Crippen molar-refractivity contribution in [3.05, 3.63) is 60.3 Å². The van der Waals surface area contributed by atoms with Crippen LogP contribution in [-0.2, 0) is 11.2 Å². The molecule has 0 saturated carbocycles. The summed E-state index contributed by atoms with van der Waals surface area (Å²) in [4.78, 5) is 13.5. The Hall–Kier alpha value is -2.31. The minimum Gasteiger partial charge on any atom is -0.400 e. The molecule has 0 aliphatic carbocycles. The molecule has 0 radical (unpaired) electrons. The topological polar surface area (TPSA) is 52.3 Å². The smallest absolute Gasteiger partial charge is 0.186 e. The average molecular weight is 324 g/mol. The molecule has 0 spiro atoms. The summed E-state index contributed by atoms with van der Waals surface area (Å²) in [6.45, 7) is 6.92. The quantitative estimate of drug-likeness (QED) is 0.691. The van der Waals surface area contributed by atoms with Crippen LogP contribution >= 0.6 is 0 Å². The lowest BCUT2D eigenvalue weighted by molar-refractivity contribution is 0.228. The van der Waals surface area contributed by atoms with E-state index in [1.54, 1.807) is 12.4 Å². The van der Waals surface area contributed by atoms with Gasteiger partial charge in [-0.1, -0.05) is 18.2 Å². The van der Waals surface area contributed by atoms with Gasteiger partial charge in [-0.05, 0) is 43.9 Å². The van der Waals surface area contributed by atoms with E-state index in [-0.39, 0.29) is 0 Å². The van der Waals surface area contributed by atoms with Crippen LogP contribution in [0.2, 0.25) is 19.6 Å². The maximum absolute atomic E-state index is 6.08. The van der Waals surface area contributed by atoms with E-state index in [9.17, 15) is 0 Å². The number of para-hydroxylation sites is 1. The Balaban J connectivity index is 2.15. The molecule has 118 valence electrons. The Morgan fingerprint density at radius 2 is 1.74 bits per heavy atom. The van der Waals surface area contributed by atoms with Gasteiger partial charge in [-0.15, -0.1) is 0 Å². The molecule has 5 nitrogen and oxygen atoms in total. The summed E-state index contributed by atoms with van der Waals surface area (Å²) in [5, 5.41) is 0. The fraction of sp³-hybridized carbons (Fsp3) is 0.235. The van der Waals surface area contributed by atoms with E-state index >= 15 is 0 Å². The number of nitrogens with zero attached hydrogens (tertiary/aromatic N) is 4. The van der Waals surface area contributed by atoms with Crippen LogP contribution in [-0.4, -0.2) is 22.9 Å². The van der Waals surface area contributed by atoms with Crippen LogP contribution in [0.15, 0.2) is 59.9 Å². The molecule has 0 unspecified atom stereocenters. The molecule has 3 rings (SSSR count). The maximum Gasteiger partial charge on any atom is 0.186 e. The van der Waals surface area contributed by atoms with Crippen molar-refractivity contribution in [2.24, 2.45) is 4.99 Å². The fourth-order valence-corrected chi connectivity index (χ4v) is 2.65. The normalized spacial score (nSPS) is 12.7. The zero-order valence-corrected chi connectivity index (χ0v) is 14.6. The molecule has 0 amide bonds. The van der Waals surface area contributed by atoms with Crippen LogP contribution in [0.5, 0.6) is 0 Å². The van der Waals surface area contributed by atoms with Crippen LogP contribution in [0.25, 0.3) is 11.2 Å². The Labute approximate surface area is 136 Å². The summed E-state index contributed by atoms with van der Waals surface area (Å²) >= 11 is 0. The van der Waals surface area contributed by atoms with Gasteiger partial charge in [0.1, 0.15) is 17.7 Å². The first-order valence-corrected chi connectivity index (χ1v) is 11.0. The zero-order chi connectivity index (χ0) is 16.3. The number of hydrogen-bond donors (Lipinski definition) is 0. The summed E-state index contributed by atoms with van der Waals surface area (Å²) in [5.41, 5.74) is 3.32. The molecule has 6 heteroatoms. The van der Waals surface area contributed by atoms with Gasteiger partial charge in [0.05, 0.1) is 5.69 Å². The van der Waals surface area contributed by atoms with Crippen molar-refractivity contribution in [1.29, 1.82) is 0 Å². The fourth-order valence-electron chi connectivity index (χ4n) is 2.14. The number of aromatic nitrogens is 3. The van der Waals surface area contributed by atoms with E-state index in [0.717, 1.165) is 22.3 Å². The van der Waals surface area contributed by atoms with Gasteiger partial charge in [0, 0.05) is 12.4 Å². The molecule has 3 aromatic rings. The van der Waals surface area contributed by atoms with Gasteiger partial charge >= 0.3 is 0 Å². The SMILES string of the molecule is C[Si](C)(C)OCn1c(=Nc2ccccc2)ccc2nccnc21. The van der Waals surface area contributed by atoms with Gasteiger partial charge in [-0.25, -0.2) is 9.98 Å². The summed E-state index contributed by atoms with van der Waals surface area (Å²) in [7, 11) is -1.65. The number of hydrogen-bond acceptors (Lipinski definition) is 4. The highest BCUT2D eigenvalue weighted by molar-refractivity contribution is 6.69. The van der Waals surface area contributed by atoms with E-state index < -0.39 is 8.32 Å². The van der Waals surface area contributed by atoms with Gasteiger partial charge in [0.25, 0.3) is 0 Å². The summed E-state index contributed by atoms with van der Waals surface area (Å²) in [5.74, 6) is 0. The van der Waals surface area contributed by atoms with Crippen LogP contribution < -0.4 is 5.49 Å². The second-order valence-electron chi connectivity index (χ2n) is 6.22. The minimum absolute atomic E-state index is 0.428. The zero-order valence-electron chi connectivity index (χ0n) is 13.6. The second-order valence-corrected chi connectivity index (χ2v) is 10.7. The molecule has 1 aromatic carbocycles. The summed E-state index contributed by atoms with van der Waals surface area (Å²) in [6, 6.07) is 13.8. The molecular weight excluding hydrogens is 304 g/mol. The third-order valence-electron chi connectivity index (χ3n) is 3.26. The maximum atomic E-state index is 6.08. The summed E-state index contributed by atoms with van der Waals surface area (Å²) in [6.07, 6.45) is 3.39. The van der Waals surface area contributed by atoms with Crippen molar-refractivity contribution in [3.63, 3.8) is 0 Å². The van der Waals surface area contributed by atoms with Crippen molar-refractivity contribution < 1.29 is 4.43 Å². The molecule has 0 aliphatic heterocycles. The van der Waals surface area contributed by atoms with Crippen molar-refractivity contribution in [2.45, 2.75) is 26.4 Å². The van der Waals surface area contributed by atoms with Gasteiger partial charge in [-0.2, -0.15) is 0 Å². The highest BCUT2D eigenvalue weighted by Crippen LogP contribution is 2.11. The lowest BCUT2D eigenvalue weighted by atomic mass is 10.3. The molecule has 0 N–H and O–H groups in total. The minimum atomic E-state index is -1.65. The molecule has 0 atom stereocenters. The molecule has 0 saturated heterocycles. The van der Waals surface area contributed by atoms with Crippen molar-refractivity contribution >= 4 is 25.2 Å². The van der Waals surface area contributed by atoms with Crippen LogP contribution in [0.4, 0.5) is 5.69 Å². The van der Waals surface area contributed by atoms with Gasteiger partial charge in [0.2, 0.25) is 0 Å². The van der Waals surface area contributed by atoms with Crippen molar-refractivity contribution in [2.75, 3.05) is 0 Å². The van der Waals surface area contributed by atoms with E-state index in [4.69, 9.17) is 9.42 Å². The molecule has 0 fully saturated rings. The molecule has 2 heterocycles. The Morgan fingerprint density at radius 3 is 2.48 bits per heavy atom. The third-order valence-corrected chi connectivity index (χ3v) is 4.25. The first-order valence-electron chi connectivity index (χ1n) is 7.57.